The third-order valence-corrected chi connectivity index (χ3v) is 5.24. The molecule has 0 spiro atoms. The maximum absolute atomic E-state index is 5.84. The fraction of sp³-hybridized carbons (Fsp3) is 0.263. The summed E-state index contributed by atoms with van der Waals surface area (Å²) in [5, 5.41) is 4.64. The Hall–Kier alpha value is -2.82. The number of ether oxygens (including phenoxy) is 4. The zero-order valence-corrected chi connectivity index (χ0v) is 13.2. The Morgan fingerprint density at radius 2 is 1.62 bits per heavy atom. The fourth-order valence-corrected chi connectivity index (χ4v) is 4.07. The van der Waals surface area contributed by atoms with Crippen LogP contribution in [0.15, 0.2) is 24.3 Å². The van der Waals surface area contributed by atoms with E-state index in [-0.39, 0.29) is 13.6 Å². The zero-order valence-electron chi connectivity index (χ0n) is 13.2. The second-order valence-electron chi connectivity index (χ2n) is 6.51. The van der Waals surface area contributed by atoms with Crippen molar-refractivity contribution in [2.24, 2.45) is 0 Å². The van der Waals surface area contributed by atoms with E-state index >= 15 is 0 Å². The monoisotopic (exact) mass is 321 g/mol. The summed E-state index contributed by atoms with van der Waals surface area (Å²) in [6, 6.07) is 8.51. The van der Waals surface area contributed by atoms with E-state index in [0.29, 0.717) is 0 Å². The van der Waals surface area contributed by atoms with E-state index in [2.05, 4.69) is 36.2 Å². The van der Waals surface area contributed by atoms with Crippen LogP contribution >= 0.6 is 0 Å². The van der Waals surface area contributed by atoms with E-state index in [9.17, 15) is 0 Å². The van der Waals surface area contributed by atoms with E-state index in [1.54, 1.807) is 0 Å². The largest absolute Gasteiger partial charge is 0.454 e. The molecule has 3 aromatic rings. The number of anilines is 1. The van der Waals surface area contributed by atoms with Crippen molar-refractivity contribution < 1.29 is 18.9 Å². The van der Waals surface area contributed by atoms with Gasteiger partial charge in [-0.2, -0.15) is 0 Å². The summed E-state index contributed by atoms with van der Waals surface area (Å²) < 4.78 is 22.7. The molecule has 3 aliphatic rings. The molecule has 0 amide bonds. The van der Waals surface area contributed by atoms with Crippen LogP contribution in [0.1, 0.15) is 5.56 Å². The molecular weight excluding hydrogens is 306 g/mol. The highest BCUT2D eigenvalue weighted by Gasteiger charge is 2.28. The first-order chi connectivity index (χ1) is 11.8. The predicted octanol–water partition coefficient (Wildman–Crippen LogP) is 3.44. The lowest BCUT2D eigenvalue weighted by Gasteiger charge is -2.29. The van der Waals surface area contributed by atoms with Crippen LogP contribution < -0.4 is 23.8 Å². The molecule has 0 bridgehead atoms. The molecule has 0 radical (unpaired) electrons. The summed E-state index contributed by atoms with van der Waals surface area (Å²) in [6.45, 7) is 1.55. The first-order valence-corrected chi connectivity index (χ1v) is 8.12. The molecule has 0 aliphatic carbocycles. The van der Waals surface area contributed by atoms with Crippen molar-refractivity contribution in [3.8, 4) is 23.0 Å². The Morgan fingerprint density at radius 1 is 0.833 bits per heavy atom. The molecule has 0 saturated carbocycles. The third-order valence-electron chi connectivity index (χ3n) is 5.24. The van der Waals surface area contributed by atoms with Gasteiger partial charge in [-0.05, 0) is 47.0 Å². The first kappa shape index (κ1) is 12.6. The van der Waals surface area contributed by atoms with Gasteiger partial charge in [0.15, 0.2) is 23.0 Å². The van der Waals surface area contributed by atoms with Gasteiger partial charge in [0.1, 0.15) is 0 Å². The van der Waals surface area contributed by atoms with Crippen molar-refractivity contribution in [2.45, 2.75) is 6.42 Å². The molecule has 3 aromatic carbocycles. The van der Waals surface area contributed by atoms with Crippen molar-refractivity contribution in [1.82, 2.24) is 0 Å². The normalized spacial score (nSPS) is 17.1. The second-order valence-corrected chi connectivity index (χ2v) is 6.51. The minimum atomic E-state index is 0.277. The van der Waals surface area contributed by atoms with Gasteiger partial charge in [-0.15, -0.1) is 0 Å². The van der Waals surface area contributed by atoms with Crippen molar-refractivity contribution in [3.05, 3.63) is 29.8 Å². The smallest absolute Gasteiger partial charge is 0.231 e. The minimum absolute atomic E-state index is 0.277. The third kappa shape index (κ3) is 1.45. The molecule has 0 N–H and O–H groups in total. The van der Waals surface area contributed by atoms with Gasteiger partial charge >= 0.3 is 0 Å². The van der Waals surface area contributed by atoms with Gasteiger partial charge in [-0.25, -0.2) is 0 Å². The molecule has 0 atom stereocenters. The number of hydrogen-bond donors (Lipinski definition) is 0. The van der Waals surface area contributed by atoms with E-state index in [0.717, 1.165) is 52.1 Å². The average Bonchev–Trinajstić information content (AvgIpc) is 3.23. The molecule has 0 saturated heterocycles. The Labute approximate surface area is 138 Å². The number of nitrogens with zero attached hydrogens (tertiary/aromatic N) is 1. The van der Waals surface area contributed by atoms with Crippen molar-refractivity contribution in [2.75, 3.05) is 32.1 Å². The lowest BCUT2D eigenvalue weighted by molar-refractivity contribution is 0.174. The van der Waals surface area contributed by atoms with E-state index in [1.165, 1.54) is 16.6 Å². The van der Waals surface area contributed by atoms with Crippen LogP contribution in [0.5, 0.6) is 23.0 Å². The summed E-state index contributed by atoms with van der Waals surface area (Å²) in [7, 11) is 2.14. The van der Waals surface area contributed by atoms with Crippen molar-refractivity contribution in [3.63, 3.8) is 0 Å². The molecule has 0 unspecified atom stereocenters. The highest BCUT2D eigenvalue weighted by Crippen LogP contribution is 2.50. The fourth-order valence-electron chi connectivity index (χ4n) is 4.07. The maximum Gasteiger partial charge on any atom is 0.231 e. The van der Waals surface area contributed by atoms with E-state index in [4.69, 9.17) is 18.9 Å². The molecular formula is C19H15NO4. The molecule has 6 rings (SSSR count). The predicted molar refractivity (Wildman–Crippen MR) is 90.7 cm³/mol. The number of fused-ring (bicyclic) bond motifs is 5. The van der Waals surface area contributed by atoms with Crippen LogP contribution in [0.3, 0.4) is 0 Å². The summed E-state index contributed by atoms with van der Waals surface area (Å²) in [5.74, 6) is 3.28. The Morgan fingerprint density at radius 3 is 2.54 bits per heavy atom. The Kier molecular flexibility index (Phi) is 2.19. The molecule has 5 nitrogen and oxygen atoms in total. The maximum atomic E-state index is 5.84. The molecule has 3 heterocycles. The van der Waals surface area contributed by atoms with Crippen molar-refractivity contribution in [1.29, 1.82) is 0 Å². The summed E-state index contributed by atoms with van der Waals surface area (Å²) >= 11 is 0. The lowest BCUT2D eigenvalue weighted by Crippen LogP contribution is -2.24. The second kappa shape index (κ2) is 4.17. The van der Waals surface area contributed by atoms with Crippen LogP contribution in [-0.4, -0.2) is 27.2 Å². The van der Waals surface area contributed by atoms with E-state index < -0.39 is 0 Å². The number of benzene rings is 3. The lowest BCUT2D eigenvalue weighted by atomic mass is 9.91. The van der Waals surface area contributed by atoms with Gasteiger partial charge < -0.3 is 23.8 Å². The number of likely N-dealkylation sites (N-methyl/N-ethyl adjacent to an activating group) is 1. The molecule has 24 heavy (non-hydrogen) atoms. The summed E-state index contributed by atoms with van der Waals surface area (Å²) in [6.07, 6.45) is 1.01. The topological polar surface area (TPSA) is 40.2 Å². The van der Waals surface area contributed by atoms with Crippen LogP contribution in [0, 0.1) is 0 Å². The van der Waals surface area contributed by atoms with Gasteiger partial charge in [0.2, 0.25) is 13.6 Å². The van der Waals surface area contributed by atoms with Gasteiger partial charge in [-0.1, -0.05) is 0 Å². The molecule has 3 aliphatic heterocycles. The standard InChI is InChI=1S/C19H15NO4/c1-20-3-2-10-5-16-19(24-9-23-16)18-12-7-15-14(21-8-22-15)6-11(12)4-13(20)17(10)18/h4-7H,2-3,8-9H2,1H3. The molecule has 0 aromatic heterocycles. The van der Waals surface area contributed by atoms with Crippen LogP contribution in [0.25, 0.3) is 21.5 Å². The van der Waals surface area contributed by atoms with E-state index in [1.807, 2.05) is 0 Å². The van der Waals surface area contributed by atoms with Gasteiger partial charge in [-0.3, -0.25) is 0 Å². The highest BCUT2D eigenvalue weighted by atomic mass is 16.7. The quantitative estimate of drug-likeness (QED) is 0.593. The van der Waals surface area contributed by atoms with Crippen LogP contribution in [0.4, 0.5) is 5.69 Å². The number of hydrogen-bond acceptors (Lipinski definition) is 5. The Bertz CT molecular complexity index is 1040. The number of rotatable bonds is 0. The summed E-state index contributed by atoms with van der Waals surface area (Å²) in [4.78, 5) is 2.31. The molecule has 5 heteroatoms. The van der Waals surface area contributed by atoms with Crippen LogP contribution in [0.2, 0.25) is 0 Å². The first-order valence-electron chi connectivity index (χ1n) is 8.12. The summed E-state index contributed by atoms with van der Waals surface area (Å²) in [5.41, 5.74) is 2.55. The van der Waals surface area contributed by atoms with Gasteiger partial charge in [0, 0.05) is 30.1 Å². The average molecular weight is 321 g/mol. The molecule has 120 valence electrons. The van der Waals surface area contributed by atoms with Gasteiger partial charge in [0.25, 0.3) is 0 Å². The SMILES string of the molecule is CN1CCc2cc3c(c4c2c1cc1cc2c(cc14)OCO2)OCO3. The highest BCUT2D eigenvalue weighted by molar-refractivity contribution is 6.18. The van der Waals surface area contributed by atoms with Crippen molar-refractivity contribution >= 4 is 27.2 Å². The zero-order chi connectivity index (χ0) is 15.8. The van der Waals surface area contributed by atoms with Crippen LogP contribution in [-0.2, 0) is 6.42 Å². The Balaban J connectivity index is 1.86. The molecule has 0 fully saturated rings. The minimum Gasteiger partial charge on any atom is -0.454 e. The van der Waals surface area contributed by atoms with Gasteiger partial charge in [0.05, 0.1) is 0 Å².